The Hall–Kier alpha value is -1.95. The number of nitrogens with one attached hydrogen (secondary N) is 2. The van der Waals surface area contributed by atoms with Gasteiger partial charge in [-0.3, -0.25) is 0 Å². The zero-order valence-electron chi connectivity index (χ0n) is 11.4. The minimum Gasteiger partial charge on any atom is -0.307 e. The molecule has 0 unspecified atom stereocenters. The van der Waals surface area contributed by atoms with E-state index in [-0.39, 0.29) is 5.69 Å². The highest BCUT2D eigenvalue weighted by molar-refractivity contribution is 9.10. The summed E-state index contributed by atoms with van der Waals surface area (Å²) in [4.78, 5) is 11.9. The van der Waals surface area contributed by atoms with E-state index in [0.717, 1.165) is 21.7 Å². The molecule has 0 radical (unpaired) electrons. The molecule has 2 N–H and O–H groups in total. The van der Waals surface area contributed by atoms with Gasteiger partial charge < -0.3 is 10.6 Å². The van der Waals surface area contributed by atoms with E-state index in [2.05, 4.69) is 26.6 Å². The third-order valence-electron chi connectivity index (χ3n) is 2.92. The fourth-order valence-corrected chi connectivity index (χ4v) is 2.65. The van der Waals surface area contributed by atoms with Gasteiger partial charge in [0, 0.05) is 16.2 Å². The quantitative estimate of drug-likeness (QED) is 0.783. The van der Waals surface area contributed by atoms with E-state index >= 15 is 0 Å². The van der Waals surface area contributed by atoms with Crippen molar-refractivity contribution in [1.29, 1.82) is 0 Å². The largest absolute Gasteiger partial charge is 0.323 e. The summed E-state index contributed by atoms with van der Waals surface area (Å²) >= 11 is 3.37. The first kappa shape index (κ1) is 15.4. The number of carbonyl (C=O) groups is 1. The van der Waals surface area contributed by atoms with Crippen molar-refractivity contribution < 1.29 is 13.6 Å². The standard InChI is InChI=1S/C15H13BrF2N2O/c1-8-5-10(16)6-9(2)14(8)20-15(21)19-13-4-3-11(17)7-12(13)18/h3-7H,1-2H3,(H2,19,20,21). The van der Waals surface area contributed by atoms with Gasteiger partial charge in [0.15, 0.2) is 0 Å². The van der Waals surface area contributed by atoms with Crippen LogP contribution in [0.3, 0.4) is 0 Å². The third kappa shape index (κ3) is 3.78. The zero-order valence-corrected chi connectivity index (χ0v) is 13.0. The molecule has 0 bridgehead atoms. The van der Waals surface area contributed by atoms with Gasteiger partial charge in [-0.25, -0.2) is 13.6 Å². The number of amides is 2. The maximum absolute atomic E-state index is 13.5. The number of anilines is 2. The van der Waals surface area contributed by atoms with Crippen molar-refractivity contribution in [3.05, 3.63) is 57.6 Å². The van der Waals surface area contributed by atoms with E-state index in [4.69, 9.17) is 0 Å². The molecule has 0 aromatic heterocycles. The Balaban J connectivity index is 2.16. The summed E-state index contributed by atoms with van der Waals surface area (Å²) in [5.41, 5.74) is 2.31. The average molecular weight is 355 g/mol. The molecule has 2 amide bonds. The smallest absolute Gasteiger partial charge is 0.307 e. The first-order valence-corrected chi connectivity index (χ1v) is 6.96. The molecule has 2 rings (SSSR count). The van der Waals surface area contributed by atoms with Crippen LogP contribution in [0.25, 0.3) is 0 Å². The van der Waals surface area contributed by atoms with Crippen LogP contribution in [0.2, 0.25) is 0 Å². The summed E-state index contributed by atoms with van der Waals surface area (Å²) in [6, 6.07) is 6.10. The molecule has 0 aliphatic heterocycles. The molecule has 0 spiro atoms. The van der Waals surface area contributed by atoms with Gasteiger partial charge in [0.1, 0.15) is 11.6 Å². The minimum absolute atomic E-state index is 0.0821. The average Bonchev–Trinajstić information content (AvgIpc) is 2.37. The molecule has 21 heavy (non-hydrogen) atoms. The van der Waals surface area contributed by atoms with Gasteiger partial charge in [-0.2, -0.15) is 0 Å². The van der Waals surface area contributed by atoms with E-state index in [1.54, 1.807) is 0 Å². The number of hydrogen-bond acceptors (Lipinski definition) is 1. The van der Waals surface area contributed by atoms with Crippen LogP contribution < -0.4 is 10.6 Å². The Morgan fingerprint density at radius 1 is 1.05 bits per heavy atom. The molecular formula is C15H13BrF2N2O. The first-order valence-electron chi connectivity index (χ1n) is 6.16. The molecule has 2 aromatic carbocycles. The summed E-state index contributed by atoms with van der Waals surface area (Å²) in [7, 11) is 0. The minimum atomic E-state index is -0.825. The summed E-state index contributed by atoms with van der Waals surface area (Å²) in [6.45, 7) is 3.71. The Labute approximate surface area is 129 Å². The van der Waals surface area contributed by atoms with Gasteiger partial charge in [0.05, 0.1) is 5.69 Å². The van der Waals surface area contributed by atoms with Crippen LogP contribution in [0.4, 0.5) is 25.0 Å². The van der Waals surface area contributed by atoms with E-state index in [1.807, 2.05) is 26.0 Å². The third-order valence-corrected chi connectivity index (χ3v) is 3.37. The Morgan fingerprint density at radius 3 is 2.24 bits per heavy atom. The maximum atomic E-state index is 13.5. The molecule has 0 aliphatic carbocycles. The van der Waals surface area contributed by atoms with Gasteiger partial charge in [-0.15, -0.1) is 0 Å². The molecule has 2 aromatic rings. The van der Waals surface area contributed by atoms with Crippen molar-refractivity contribution in [3.8, 4) is 0 Å². The predicted molar refractivity (Wildman–Crippen MR) is 82.6 cm³/mol. The summed E-state index contributed by atoms with van der Waals surface area (Å²) in [5, 5.41) is 5.02. The number of hydrogen-bond donors (Lipinski definition) is 2. The van der Waals surface area contributed by atoms with Gasteiger partial charge >= 0.3 is 6.03 Å². The van der Waals surface area contributed by atoms with Crippen LogP contribution in [0.5, 0.6) is 0 Å². The number of halogens is 3. The molecule has 0 saturated heterocycles. The van der Waals surface area contributed by atoms with Crippen molar-refractivity contribution in [2.75, 3.05) is 10.6 Å². The monoisotopic (exact) mass is 354 g/mol. The summed E-state index contributed by atoms with van der Waals surface area (Å²) in [6.07, 6.45) is 0. The maximum Gasteiger partial charge on any atom is 0.323 e. The summed E-state index contributed by atoms with van der Waals surface area (Å²) < 4.78 is 27.2. The second-order valence-corrected chi connectivity index (χ2v) is 5.53. The number of aryl methyl sites for hydroxylation is 2. The number of rotatable bonds is 2. The second kappa shape index (κ2) is 6.22. The number of benzene rings is 2. The van der Waals surface area contributed by atoms with Gasteiger partial charge in [0.25, 0.3) is 0 Å². The first-order chi connectivity index (χ1) is 9.86. The molecular weight excluding hydrogens is 342 g/mol. The topological polar surface area (TPSA) is 41.1 Å². The van der Waals surface area contributed by atoms with Gasteiger partial charge in [0.2, 0.25) is 0 Å². The molecule has 0 aliphatic rings. The fraction of sp³-hybridized carbons (Fsp3) is 0.133. The Bertz CT molecular complexity index is 681. The lowest BCUT2D eigenvalue weighted by Crippen LogP contribution is -2.21. The lowest BCUT2D eigenvalue weighted by Gasteiger charge is -2.13. The van der Waals surface area contributed by atoms with Crippen molar-refractivity contribution in [2.24, 2.45) is 0 Å². The SMILES string of the molecule is Cc1cc(Br)cc(C)c1NC(=O)Nc1ccc(F)cc1F. The van der Waals surface area contributed by atoms with Crippen molar-refractivity contribution >= 4 is 33.3 Å². The summed E-state index contributed by atoms with van der Waals surface area (Å²) in [5.74, 6) is -1.52. The number of carbonyl (C=O) groups excluding carboxylic acids is 1. The van der Waals surface area contributed by atoms with Crippen LogP contribution in [0, 0.1) is 25.5 Å². The highest BCUT2D eigenvalue weighted by Gasteiger charge is 2.11. The van der Waals surface area contributed by atoms with Crippen molar-refractivity contribution in [2.45, 2.75) is 13.8 Å². The Kier molecular flexibility index (Phi) is 4.57. The van der Waals surface area contributed by atoms with E-state index in [1.165, 1.54) is 6.07 Å². The zero-order chi connectivity index (χ0) is 15.6. The van der Waals surface area contributed by atoms with Crippen LogP contribution >= 0.6 is 15.9 Å². The molecule has 6 heteroatoms. The van der Waals surface area contributed by atoms with Crippen LogP contribution in [-0.2, 0) is 0 Å². The molecule has 110 valence electrons. The highest BCUT2D eigenvalue weighted by Crippen LogP contribution is 2.25. The predicted octanol–water partition coefficient (Wildman–Crippen LogP) is 4.99. The van der Waals surface area contributed by atoms with Crippen LogP contribution in [-0.4, -0.2) is 6.03 Å². The Morgan fingerprint density at radius 2 is 1.67 bits per heavy atom. The van der Waals surface area contributed by atoms with Crippen LogP contribution in [0.1, 0.15) is 11.1 Å². The van der Waals surface area contributed by atoms with Gasteiger partial charge in [-0.1, -0.05) is 15.9 Å². The second-order valence-electron chi connectivity index (χ2n) is 4.62. The van der Waals surface area contributed by atoms with E-state index < -0.39 is 17.7 Å². The lowest BCUT2D eigenvalue weighted by atomic mass is 10.1. The number of urea groups is 1. The lowest BCUT2D eigenvalue weighted by molar-refractivity contribution is 0.262. The fourth-order valence-electron chi connectivity index (χ4n) is 1.97. The molecule has 0 saturated carbocycles. The van der Waals surface area contributed by atoms with Crippen molar-refractivity contribution in [3.63, 3.8) is 0 Å². The van der Waals surface area contributed by atoms with Crippen LogP contribution in [0.15, 0.2) is 34.8 Å². The molecule has 0 fully saturated rings. The van der Waals surface area contributed by atoms with E-state index in [0.29, 0.717) is 11.8 Å². The molecule has 3 nitrogen and oxygen atoms in total. The molecule has 0 atom stereocenters. The van der Waals surface area contributed by atoms with E-state index in [9.17, 15) is 13.6 Å². The normalized spacial score (nSPS) is 10.3. The highest BCUT2D eigenvalue weighted by atomic mass is 79.9. The molecule has 0 heterocycles. The van der Waals surface area contributed by atoms with Crippen molar-refractivity contribution in [1.82, 2.24) is 0 Å². The van der Waals surface area contributed by atoms with Gasteiger partial charge in [-0.05, 0) is 49.2 Å².